The number of hydrogen-bond acceptors (Lipinski definition) is 2. The third-order valence-corrected chi connectivity index (χ3v) is 6.05. The van der Waals surface area contributed by atoms with Crippen LogP contribution in [0.2, 0.25) is 0 Å². The van der Waals surface area contributed by atoms with Gasteiger partial charge in [-0.3, -0.25) is 9.69 Å². The summed E-state index contributed by atoms with van der Waals surface area (Å²) in [5.74, 6) is 0.132. The van der Waals surface area contributed by atoms with Gasteiger partial charge in [0, 0.05) is 30.2 Å². The molecular weight excluding hydrogens is 358 g/mol. The zero-order chi connectivity index (χ0) is 19.6. The molecule has 1 aliphatic rings. The van der Waals surface area contributed by atoms with E-state index in [1.807, 2.05) is 18.3 Å². The van der Waals surface area contributed by atoms with Crippen LogP contribution in [0.25, 0.3) is 21.7 Å². The molecule has 0 spiro atoms. The van der Waals surface area contributed by atoms with E-state index in [0.29, 0.717) is 6.54 Å². The lowest BCUT2D eigenvalue weighted by Crippen LogP contribution is -2.42. The van der Waals surface area contributed by atoms with Gasteiger partial charge < -0.3 is 10.3 Å². The standard InChI is InChI=1S/C25H25N3O/c29-25(27-16-20-15-26-23-12-4-3-11-22(20)23)24-13-6-14-28(24)17-19-9-5-8-18-7-1-2-10-21(18)19/h1-5,7-12,15,24,26H,6,13-14,16-17H2,(H,27,29)/t24-/m0/s1. The SMILES string of the molecule is O=C(NCc1c[nH]c2ccccc12)[C@@H]1CCCN1Cc1cccc2ccccc12. The fraction of sp³-hybridized carbons (Fsp3) is 0.240. The van der Waals surface area contributed by atoms with Crippen molar-refractivity contribution >= 4 is 27.6 Å². The van der Waals surface area contributed by atoms with E-state index in [1.165, 1.54) is 21.7 Å². The molecule has 1 amide bonds. The van der Waals surface area contributed by atoms with Gasteiger partial charge in [0.25, 0.3) is 0 Å². The molecule has 2 N–H and O–H groups in total. The van der Waals surface area contributed by atoms with Crippen LogP contribution in [0.4, 0.5) is 0 Å². The predicted molar refractivity (Wildman–Crippen MR) is 118 cm³/mol. The van der Waals surface area contributed by atoms with Crippen molar-refractivity contribution in [2.75, 3.05) is 6.54 Å². The number of carbonyl (C=O) groups is 1. The highest BCUT2D eigenvalue weighted by Crippen LogP contribution is 2.25. The monoisotopic (exact) mass is 383 g/mol. The number of carbonyl (C=O) groups excluding carboxylic acids is 1. The highest BCUT2D eigenvalue weighted by Gasteiger charge is 2.30. The number of likely N-dealkylation sites (tertiary alicyclic amines) is 1. The maximum atomic E-state index is 13.0. The van der Waals surface area contributed by atoms with Gasteiger partial charge in [-0.2, -0.15) is 0 Å². The zero-order valence-electron chi connectivity index (χ0n) is 16.4. The van der Waals surface area contributed by atoms with Crippen molar-refractivity contribution in [3.05, 3.63) is 84.1 Å². The van der Waals surface area contributed by atoms with Gasteiger partial charge >= 0.3 is 0 Å². The van der Waals surface area contributed by atoms with Crippen LogP contribution in [0.15, 0.2) is 72.9 Å². The number of nitrogens with zero attached hydrogens (tertiary/aromatic N) is 1. The van der Waals surface area contributed by atoms with E-state index < -0.39 is 0 Å². The van der Waals surface area contributed by atoms with Crippen molar-refractivity contribution in [1.29, 1.82) is 0 Å². The molecule has 4 aromatic rings. The molecule has 1 atom stereocenters. The van der Waals surface area contributed by atoms with Crippen molar-refractivity contribution in [3.63, 3.8) is 0 Å². The quantitative estimate of drug-likeness (QED) is 0.529. The van der Waals surface area contributed by atoms with E-state index in [2.05, 4.69) is 69.8 Å². The van der Waals surface area contributed by atoms with Gasteiger partial charge in [0.2, 0.25) is 5.91 Å². The Morgan fingerprint density at radius 1 is 0.966 bits per heavy atom. The Morgan fingerprint density at radius 3 is 2.69 bits per heavy atom. The van der Waals surface area contributed by atoms with Crippen LogP contribution in [-0.2, 0) is 17.9 Å². The predicted octanol–water partition coefficient (Wildman–Crippen LogP) is 4.60. The second-order valence-corrected chi connectivity index (χ2v) is 7.84. The summed E-state index contributed by atoms with van der Waals surface area (Å²) < 4.78 is 0. The van der Waals surface area contributed by atoms with E-state index in [4.69, 9.17) is 0 Å². The lowest BCUT2D eigenvalue weighted by Gasteiger charge is -2.24. The minimum atomic E-state index is -0.0563. The van der Waals surface area contributed by atoms with Gasteiger partial charge in [0.1, 0.15) is 0 Å². The number of aromatic nitrogens is 1. The molecule has 1 aromatic heterocycles. The van der Waals surface area contributed by atoms with Gasteiger partial charge in [-0.15, -0.1) is 0 Å². The average Bonchev–Trinajstić information content (AvgIpc) is 3.39. The first-order chi connectivity index (χ1) is 14.3. The van der Waals surface area contributed by atoms with Crippen molar-refractivity contribution < 1.29 is 4.79 Å². The molecule has 0 aliphatic carbocycles. The Kier molecular flexibility index (Phi) is 4.78. The average molecular weight is 383 g/mol. The molecule has 4 heteroatoms. The summed E-state index contributed by atoms with van der Waals surface area (Å²) in [4.78, 5) is 18.6. The minimum absolute atomic E-state index is 0.0563. The summed E-state index contributed by atoms with van der Waals surface area (Å²) in [5.41, 5.74) is 3.53. The molecule has 1 saturated heterocycles. The molecule has 5 rings (SSSR count). The lowest BCUT2D eigenvalue weighted by atomic mass is 10.0. The van der Waals surface area contributed by atoms with Gasteiger partial charge in [-0.25, -0.2) is 0 Å². The number of amides is 1. The summed E-state index contributed by atoms with van der Waals surface area (Å²) in [6.07, 6.45) is 3.98. The van der Waals surface area contributed by atoms with Crippen molar-refractivity contribution in [2.24, 2.45) is 0 Å². The first-order valence-electron chi connectivity index (χ1n) is 10.3. The van der Waals surface area contributed by atoms with Crippen LogP contribution in [0, 0.1) is 0 Å². The second kappa shape index (κ2) is 7.72. The molecule has 1 aliphatic heterocycles. The van der Waals surface area contributed by atoms with Gasteiger partial charge in [0.05, 0.1) is 6.04 Å². The van der Waals surface area contributed by atoms with Gasteiger partial charge in [0.15, 0.2) is 0 Å². The number of rotatable bonds is 5. The lowest BCUT2D eigenvalue weighted by molar-refractivity contribution is -0.125. The van der Waals surface area contributed by atoms with Crippen LogP contribution in [0.5, 0.6) is 0 Å². The summed E-state index contributed by atoms with van der Waals surface area (Å²) in [5, 5.41) is 6.88. The number of aromatic amines is 1. The first-order valence-corrected chi connectivity index (χ1v) is 10.3. The Hall–Kier alpha value is -3.11. The molecule has 1 fully saturated rings. The summed E-state index contributed by atoms with van der Waals surface area (Å²) in [7, 11) is 0. The second-order valence-electron chi connectivity index (χ2n) is 7.84. The van der Waals surface area contributed by atoms with Gasteiger partial charge in [-0.1, -0.05) is 60.7 Å². The zero-order valence-corrected chi connectivity index (χ0v) is 16.4. The molecule has 2 heterocycles. The molecule has 29 heavy (non-hydrogen) atoms. The van der Waals surface area contributed by atoms with E-state index in [-0.39, 0.29) is 11.9 Å². The van der Waals surface area contributed by atoms with E-state index in [1.54, 1.807) is 0 Å². The van der Waals surface area contributed by atoms with Crippen LogP contribution >= 0.6 is 0 Å². The Morgan fingerprint density at radius 2 is 1.76 bits per heavy atom. The Labute approximate surface area is 170 Å². The maximum absolute atomic E-state index is 13.0. The molecule has 4 nitrogen and oxygen atoms in total. The van der Waals surface area contributed by atoms with E-state index >= 15 is 0 Å². The van der Waals surface area contributed by atoms with E-state index in [0.717, 1.165) is 37.0 Å². The third-order valence-electron chi connectivity index (χ3n) is 6.05. The third kappa shape index (κ3) is 3.52. The summed E-state index contributed by atoms with van der Waals surface area (Å²) >= 11 is 0. The molecule has 3 aromatic carbocycles. The molecule has 0 saturated carbocycles. The van der Waals surface area contributed by atoms with E-state index in [9.17, 15) is 4.79 Å². The summed E-state index contributed by atoms with van der Waals surface area (Å²) in [6.45, 7) is 2.34. The van der Waals surface area contributed by atoms with Crippen LogP contribution < -0.4 is 5.32 Å². The number of benzene rings is 3. The number of hydrogen-bond donors (Lipinski definition) is 2. The molecule has 0 radical (unpaired) electrons. The van der Waals surface area contributed by atoms with Gasteiger partial charge in [-0.05, 0) is 47.4 Å². The van der Waals surface area contributed by atoms with Crippen LogP contribution in [0.1, 0.15) is 24.0 Å². The molecule has 0 bridgehead atoms. The number of nitrogens with one attached hydrogen (secondary N) is 2. The van der Waals surface area contributed by atoms with Crippen LogP contribution in [-0.4, -0.2) is 28.4 Å². The highest BCUT2D eigenvalue weighted by atomic mass is 16.2. The van der Waals surface area contributed by atoms with Crippen molar-refractivity contribution in [3.8, 4) is 0 Å². The van der Waals surface area contributed by atoms with Crippen molar-refractivity contribution in [1.82, 2.24) is 15.2 Å². The molecule has 0 unspecified atom stereocenters. The number of H-pyrrole nitrogens is 1. The fourth-order valence-corrected chi connectivity index (χ4v) is 4.54. The number of fused-ring (bicyclic) bond motifs is 2. The maximum Gasteiger partial charge on any atom is 0.237 e. The molecular formula is C25H25N3O. The minimum Gasteiger partial charge on any atom is -0.361 e. The van der Waals surface area contributed by atoms with Crippen molar-refractivity contribution in [2.45, 2.75) is 32.0 Å². The fourth-order valence-electron chi connectivity index (χ4n) is 4.54. The largest absolute Gasteiger partial charge is 0.361 e. The molecule has 146 valence electrons. The number of para-hydroxylation sites is 1. The smallest absolute Gasteiger partial charge is 0.237 e. The van der Waals surface area contributed by atoms with Crippen LogP contribution in [0.3, 0.4) is 0 Å². The topological polar surface area (TPSA) is 48.1 Å². The first kappa shape index (κ1) is 18.0. The summed E-state index contributed by atoms with van der Waals surface area (Å²) in [6, 6.07) is 23.1. The Bertz CT molecular complexity index is 1160. The highest BCUT2D eigenvalue weighted by molar-refractivity contribution is 5.87. The Balaban J connectivity index is 1.29. The normalized spacial score (nSPS) is 17.2.